The summed E-state index contributed by atoms with van der Waals surface area (Å²) in [6.45, 7) is 0. The molecule has 0 fully saturated rings. The number of nitrogens with zero attached hydrogens (tertiary/aromatic N) is 2. The Morgan fingerprint density at radius 1 is 1.40 bits per heavy atom. The maximum Gasteiger partial charge on any atom is 0.189 e. The highest BCUT2D eigenvalue weighted by molar-refractivity contribution is 7.99. The van der Waals surface area contributed by atoms with Gasteiger partial charge in [0.15, 0.2) is 6.19 Å². The summed E-state index contributed by atoms with van der Waals surface area (Å²) < 4.78 is 1.39. The van der Waals surface area contributed by atoms with Gasteiger partial charge in [-0.15, -0.1) is 0 Å². The molecule has 2 rings (SSSR count). The third-order valence-electron chi connectivity index (χ3n) is 1.77. The van der Waals surface area contributed by atoms with Crippen molar-refractivity contribution in [3.63, 3.8) is 0 Å². The summed E-state index contributed by atoms with van der Waals surface area (Å²) in [5, 5.41) is 10.3. The van der Waals surface area contributed by atoms with Crippen molar-refractivity contribution in [3.05, 3.63) is 47.6 Å². The molecule has 0 aliphatic rings. The zero-order valence-corrected chi connectivity index (χ0v) is 9.22. The summed E-state index contributed by atoms with van der Waals surface area (Å²) in [7, 11) is 0. The van der Waals surface area contributed by atoms with Crippen LogP contribution in [-0.4, -0.2) is 4.57 Å². The van der Waals surface area contributed by atoms with Gasteiger partial charge in [0.25, 0.3) is 0 Å². The minimum absolute atomic E-state index is 0.694. The molecule has 0 bridgehead atoms. The maximum absolute atomic E-state index is 8.78. The Morgan fingerprint density at radius 3 is 3.00 bits per heavy atom. The van der Waals surface area contributed by atoms with Crippen LogP contribution in [0.4, 0.5) is 0 Å². The third-order valence-corrected chi connectivity index (χ3v) is 3.02. The van der Waals surface area contributed by atoms with E-state index in [1.165, 1.54) is 16.3 Å². The highest BCUT2D eigenvalue weighted by atomic mass is 35.5. The van der Waals surface area contributed by atoms with E-state index >= 15 is 0 Å². The molecule has 0 saturated heterocycles. The number of hydrogen-bond acceptors (Lipinski definition) is 2. The normalized spacial score (nSPS) is 9.87. The molecule has 2 aromatic rings. The summed E-state index contributed by atoms with van der Waals surface area (Å²) in [6.07, 6.45) is 4.81. The van der Waals surface area contributed by atoms with Crippen molar-refractivity contribution < 1.29 is 0 Å². The lowest BCUT2D eigenvalue weighted by molar-refractivity contribution is 0.967. The summed E-state index contributed by atoms with van der Waals surface area (Å²) in [4.78, 5) is 1.01. The maximum atomic E-state index is 8.78. The zero-order valence-electron chi connectivity index (χ0n) is 7.64. The van der Waals surface area contributed by atoms with E-state index in [0.29, 0.717) is 5.02 Å². The van der Waals surface area contributed by atoms with Gasteiger partial charge in [0.1, 0.15) is 0 Å². The van der Waals surface area contributed by atoms with Gasteiger partial charge in [-0.25, -0.2) is 4.57 Å². The molecule has 0 aliphatic carbocycles. The average molecular weight is 234 g/mol. The minimum Gasteiger partial charge on any atom is -0.239 e. The van der Waals surface area contributed by atoms with E-state index in [2.05, 4.69) is 6.20 Å². The van der Waals surface area contributed by atoms with Crippen molar-refractivity contribution in [1.29, 1.82) is 5.26 Å². The van der Waals surface area contributed by atoms with Gasteiger partial charge < -0.3 is 0 Å². The van der Waals surface area contributed by atoms with E-state index in [4.69, 9.17) is 16.9 Å². The Bertz CT molecular complexity index is 513. The van der Waals surface area contributed by atoms with Crippen LogP contribution in [0.5, 0.6) is 0 Å². The van der Waals surface area contributed by atoms with E-state index in [1.807, 2.05) is 36.5 Å². The van der Waals surface area contributed by atoms with Crippen LogP contribution in [0, 0.1) is 17.7 Å². The Kier molecular flexibility index (Phi) is 3.00. The van der Waals surface area contributed by atoms with Gasteiger partial charge in [0.05, 0.1) is 11.2 Å². The quantitative estimate of drug-likeness (QED) is 0.795. The van der Waals surface area contributed by atoms with E-state index < -0.39 is 0 Å². The molecule has 0 saturated carbocycles. The Balaban J connectivity index is 2.26. The van der Waals surface area contributed by atoms with Crippen molar-refractivity contribution in [3.8, 4) is 6.19 Å². The first-order chi connectivity index (χ1) is 7.29. The fourth-order valence-electron chi connectivity index (χ4n) is 1.13. The molecule has 0 spiro atoms. The minimum atomic E-state index is 0.694. The smallest absolute Gasteiger partial charge is 0.189 e. The molecule has 0 N–H and O–H groups in total. The number of nitriles is 1. The number of rotatable bonds is 2. The van der Waals surface area contributed by atoms with Crippen molar-refractivity contribution in [2.24, 2.45) is 0 Å². The molecule has 15 heavy (non-hydrogen) atoms. The van der Waals surface area contributed by atoms with Crippen molar-refractivity contribution in [1.82, 2.24) is 4.57 Å². The lowest BCUT2D eigenvalue weighted by Gasteiger charge is -2.00. The Labute approximate surface area is 97.1 Å². The van der Waals surface area contributed by atoms with Crippen molar-refractivity contribution >= 4 is 23.4 Å². The van der Waals surface area contributed by atoms with E-state index in [0.717, 1.165) is 9.92 Å². The van der Waals surface area contributed by atoms with E-state index in [-0.39, 0.29) is 0 Å². The molecular weight excluding hydrogens is 228 g/mol. The van der Waals surface area contributed by atoms with Gasteiger partial charge in [0.2, 0.25) is 0 Å². The lowest BCUT2D eigenvalue weighted by Crippen LogP contribution is -1.86. The van der Waals surface area contributed by atoms with E-state index in [9.17, 15) is 0 Å². The second-order valence-corrected chi connectivity index (χ2v) is 4.33. The first-order valence-corrected chi connectivity index (χ1v) is 5.42. The number of hydrogen-bond donors (Lipinski definition) is 0. The van der Waals surface area contributed by atoms with Crippen LogP contribution in [0.25, 0.3) is 0 Å². The van der Waals surface area contributed by atoms with Crippen LogP contribution in [0.1, 0.15) is 0 Å². The van der Waals surface area contributed by atoms with Gasteiger partial charge >= 0.3 is 0 Å². The van der Waals surface area contributed by atoms with Crippen LogP contribution >= 0.6 is 23.4 Å². The monoisotopic (exact) mass is 233 g/mol. The second kappa shape index (κ2) is 4.43. The zero-order chi connectivity index (χ0) is 10.7. The third kappa shape index (κ3) is 2.35. The Morgan fingerprint density at radius 2 is 2.27 bits per heavy atom. The van der Waals surface area contributed by atoms with Gasteiger partial charge in [-0.05, 0) is 30.3 Å². The Hall–Kier alpha value is -1.37. The number of halogens is 1. The lowest BCUT2D eigenvalue weighted by atomic mass is 10.4. The molecule has 2 nitrogen and oxygen atoms in total. The summed E-state index contributed by atoms with van der Waals surface area (Å²) in [5.41, 5.74) is 0. The van der Waals surface area contributed by atoms with Gasteiger partial charge in [-0.3, -0.25) is 0 Å². The molecule has 0 amide bonds. The van der Waals surface area contributed by atoms with Crippen molar-refractivity contribution in [2.75, 3.05) is 0 Å². The van der Waals surface area contributed by atoms with Crippen LogP contribution in [0.3, 0.4) is 0 Å². The summed E-state index contributed by atoms with van der Waals surface area (Å²) >= 11 is 7.35. The topological polar surface area (TPSA) is 28.7 Å². The van der Waals surface area contributed by atoms with Crippen LogP contribution in [0.15, 0.2) is 46.3 Å². The van der Waals surface area contributed by atoms with Crippen LogP contribution in [-0.2, 0) is 0 Å². The first-order valence-electron chi connectivity index (χ1n) is 4.22. The van der Waals surface area contributed by atoms with Gasteiger partial charge in [-0.1, -0.05) is 29.4 Å². The molecule has 4 heteroatoms. The molecule has 0 atom stereocenters. The van der Waals surface area contributed by atoms with Gasteiger partial charge in [0, 0.05) is 9.92 Å². The molecule has 0 aliphatic heterocycles. The fraction of sp³-hybridized carbons (Fsp3) is 0. The molecule has 0 unspecified atom stereocenters. The van der Waals surface area contributed by atoms with Crippen molar-refractivity contribution in [2.45, 2.75) is 9.92 Å². The fourth-order valence-corrected chi connectivity index (χ4v) is 2.28. The number of benzene rings is 1. The molecule has 1 aromatic heterocycles. The highest BCUT2D eigenvalue weighted by Crippen LogP contribution is 2.29. The standard InChI is InChI=1S/C11H6ClN2S/c12-9-3-1-4-10(7-9)15-11-5-2-6-14(11)8-13/h1-5,7H. The molecular formula is C11H6ClN2S. The first kappa shape index (κ1) is 10.2. The largest absolute Gasteiger partial charge is 0.239 e. The predicted octanol–water partition coefficient (Wildman–Crippen LogP) is 3.42. The van der Waals surface area contributed by atoms with Gasteiger partial charge in [-0.2, -0.15) is 5.26 Å². The predicted molar refractivity (Wildman–Crippen MR) is 59.9 cm³/mol. The van der Waals surface area contributed by atoms with E-state index in [1.54, 1.807) is 6.07 Å². The SMILES string of the molecule is N#Cn1[c]ccc1Sc1cccc(Cl)c1. The summed E-state index contributed by atoms with van der Waals surface area (Å²) in [6, 6.07) is 11.1. The second-order valence-electron chi connectivity index (χ2n) is 2.80. The molecule has 73 valence electrons. The highest BCUT2D eigenvalue weighted by Gasteiger charge is 2.03. The number of aromatic nitrogens is 1. The summed E-state index contributed by atoms with van der Waals surface area (Å²) in [5.74, 6) is 0. The molecule has 1 radical (unpaired) electrons. The molecule has 1 heterocycles. The van der Waals surface area contributed by atoms with Crippen LogP contribution in [0.2, 0.25) is 5.02 Å². The average Bonchev–Trinajstić information content (AvgIpc) is 2.65. The molecule has 1 aromatic carbocycles. The van der Waals surface area contributed by atoms with Crippen LogP contribution < -0.4 is 0 Å².